The van der Waals surface area contributed by atoms with E-state index in [0.29, 0.717) is 0 Å². The van der Waals surface area contributed by atoms with E-state index in [4.69, 9.17) is 0 Å². The Kier molecular flexibility index (Phi) is 12.3. The molecular weight excluding hydrogens is 360 g/mol. The molecule has 0 amide bonds. The monoisotopic (exact) mass is 384 g/mol. The number of rotatable bonds is 3. The fourth-order valence-electron chi connectivity index (χ4n) is 2.26. The van der Waals surface area contributed by atoms with Crippen molar-refractivity contribution in [3.05, 3.63) is 145 Å². The smallest absolute Gasteiger partial charge is 0.341 e. The van der Waals surface area contributed by atoms with Crippen molar-refractivity contribution in [1.29, 1.82) is 0 Å². The van der Waals surface area contributed by atoms with Crippen LogP contribution in [0.5, 0.6) is 0 Å². The second-order valence-electron chi connectivity index (χ2n) is 5.51. The molecule has 0 spiro atoms. The first-order valence-corrected chi connectivity index (χ1v) is 8.76. The summed E-state index contributed by atoms with van der Waals surface area (Å²) in [5.74, 6) is 0. The van der Waals surface area contributed by atoms with Crippen LogP contribution in [-0.2, 0) is 21.7 Å². The molecule has 0 aliphatic rings. The molecule has 4 aromatic carbocycles. The molecule has 4 aromatic rings. The topological polar surface area (TPSA) is 0 Å². The zero-order valence-corrected chi connectivity index (χ0v) is 17.0. The Bertz CT molecular complexity index is 735. The maximum atomic E-state index is 3.96. The molecule has 0 atom stereocenters. The van der Waals surface area contributed by atoms with Crippen LogP contribution in [0.4, 0.5) is 0 Å². The van der Waals surface area contributed by atoms with Gasteiger partial charge in [-0.15, -0.1) is 35.9 Å². The van der Waals surface area contributed by atoms with E-state index in [2.05, 4.69) is 37.3 Å². The Morgan fingerprint density at radius 3 is 1.48 bits per heavy atom. The summed E-state index contributed by atoms with van der Waals surface area (Å²) in [5.41, 5.74) is 3.44. The van der Waals surface area contributed by atoms with Crippen LogP contribution in [0.1, 0.15) is 17.5 Å². The van der Waals surface area contributed by atoms with Gasteiger partial charge in [0.2, 0.25) is 0 Å². The molecule has 1 heteroatoms. The van der Waals surface area contributed by atoms with Gasteiger partial charge in [0.15, 0.2) is 0 Å². The van der Waals surface area contributed by atoms with Crippen LogP contribution in [0.25, 0.3) is 5.57 Å². The molecule has 0 nitrogen and oxygen atoms in total. The standard InChI is InChI=1S/C16H14.2C5H5.Ti/c1-2-15(16-11-7-4-8-12-16)13-14-9-5-3-6-10-14;2*1-2-4-5-3-1;/h3-12H,1-2H2;2*1-5H;/q-2;2*-1;+4. The Morgan fingerprint density at radius 1 is 0.667 bits per heavy atom. The van der Waals surface area contributed by atoms with Crippen LogP contribution in [0.15, 0.2) is 121 Å². The molecule has 0 aromatic heterocycles. The van der Waals surface area contributed by atoms with Crippen LogP contribution < -0.4 is 0 Å². The van der Waals surface area contributed by atoms with Crippen molar-refractivity contribution < 1.29 is 21.7 Å². The van der Waals surface area contributed by atoms with Gasteiger partial charge in [-0.3, -0.25) is 0 Å². The summed E-state index contributed by atoms with van der Waals surface area (Å²) in [4.78, 5) is 0. The van der Waals surface area contributed by atoms with Crippen LogP contribution >= 0.6 is 0 Å². The normalized spacial score (nSPS) is 9.74. The van der Waals surface area contributed by atoms with E-state index < -0.39 is 0 Å². The molecule has 0 aliphatic heterocycles. The minimum absolute atomic E-state index is 0. The van der Waals surface area contributed by atoms with E-state index in [9.17, 15) is 0 Å². The second-order valence-corrected chi connectivity index (χ2v) is 5.51. The number of benzene rings is 2. The van der Waals surface area contributed by atoms with Gasteiger partial charge in [0.1, 0.15) is 0 Å². The van der Waals surface area contributed by atoms with E-state index >= 15 is 0 Å². The molecule has 0 unspecified atom stereocenters. The van der Waals surface area contributed by atoms with Gasteiger partial charge in [-0.1, -0.05) is 42.0 Å². The first-order valence-electron chi connectivity index (χ1n) is 8.76. The molecule has 27 heavy (non-hydrogen) atoms. The third kappa shape index (κ3) is 9.75. The molecule has 4 rings (SSSR count). The van der Waals surface area contributed by atoms with Crippen LogP contribution in [0, 0.1) is 13.0 Å². The van der Waals surface area contributed by atoms with E-state index in [-0.39, 0.29) is 21.7 Å². The van der Waals surface area contributed by atoms with Gasteiger partial charge >= 0.3 is 21.7 Å². The summed E-state index contributed by atoms with van der Waals surface area (Å²) >= 11 is 0. The van der Waals surface area contributed by atoms with Crippen molar-refractivity contribution in [3.63, 3.8) is 0 Å². The fourth-order valence-corrected chi connectivity index (χ4v) is 2.26. The summed E-state index contributed by atoms with van der Waals surface area (Å²) in [7, 11) is 0. The number of hydrogen-bond donors (Lipinski definition) is 0. The average molecular weight is 384 g/mol. The Balaban J connectivity index is 0.000000270. The Morgan fingerprint density at radius 2 is 1.11 bits per heavy atom. The fraction of sp³-hybridized carbons (Fsp3) is 0.0385. The SMILES string of the molecule is [CH2-]CC(=[C-]c1ccccc1)c1ccccc1.[Ti+4].c1cc[cH-]c1.c1cc[cH-]c1. The van der Waals surface area contributed by atoms with Gasteiger partial charge in [0, 0.05) is 0 Å². The average Bonchev–Trinajstić information content (AvgIpc) is 3.46. The van der Waals surface area contributed by atoms with Crippen molar-refractivity contribution in [2.45, 2.75) is 6.42 Å². The molecule has 0 heterocycles. The maximum Gasteiger partial charge on any atom is 4.00 e. The third-order valence-corrected chi connectivity index (χ3v) is 3.55. The summed E-state index contributed by atoms with van der Waals surface area (Å²) in [5, 5.41) is 0. The molecular formula is C26H24Ti. The summed E-state index contributed by atoms with van der Waals surface area (Å²) in [6, 6.07) is 40.5. The Hall–Kier alpha value is -2.41. The first kappa shape index (κ1) is 22.6. The van der Waals surface area contributed by atoms with E-state index in [0.717, 1.165) is 17.6 Å². The predicted molar refractivity (Wildman–Crippen MR) is 113 cm³/mol. The van der Waals surface area contributed by atoms with Crippen LogP contribution in [0.2, 0.25) is 0 Å². The van der Waals surface area contributed by atoms with Gasteiger partial charge in [0.05, 0.1) is 0 Å². The van der Waals surface area contributed by atoms with E-state index in [1.165, 1.54) is 5.56 Å². The Labute approximate surface area is 178 Å². The molecule has 0 bridgehead atoms. The van der Waals surface area contributed by atoms with Gasteiger partial charge in [0.25, 0.3) is 0 Å². The van der Waals surface area contributed by atoms with Gasteiger partial charge in [-0.2, -0.15) is 48.4 Å². The molecule has 0 fully saturated rings. The van der Waals surface area contributed by atoms with Crippen molar-refractivity contribution in [3.8, 4) is 0 Å². The molecule has 132 valence electrons. The zero-order chi connectivity index (χ0) is 18.3. The van der Waals surface area contributed by atoms with Crippen LogP contribution in [0.3, 0.4) is 0 Å². The first-order chi connectivity index (χ1) is 12.9. The van der Waals surface area contributed by atoms with Gasteiger partial charge in [-0.25, -0.2) is 24.3 Å². The minimum atomic E-state index is 0. The molecule has 0 saturated carbocycles. The number of allylic oxidation sites excluding steroid dienone is 1. The second kappa shape index (κ2) is 14.7. The predicted octanol–water partition coefficient (Wildman–Crippen LogP) is 6.95. The largest absolute Gasteiger partial charge is 4.00 e. The van der Waals surface area contributed by atoms with E-state index in [1.54, 1.807) is 0 Å². The van der Waals surface area contributed by atoms with Crippen molar-refractivity contribution >= 4 is 5.57 Å². The number of hydrogen-bond acceptors (Lipinski definition) is 0. The van der Waals surface area contributed by atoms with E-state index in [1.807, 2.05) is 97.1 Å². The van der Waals surface area contributed by atoms with Crippen LogP contribution in [-0.4, -0.2) is 0 Å². The summed E-state index contributed by atoms with van der Waals surface area (Å²) in [6.07, 6.45) is 4.15. The summed E-state index contributed by atoms with van der Waals surface area (Å²) < 4.78 is 0. The molecule has 0 radical (unpaired) electrons. The van der Waals surface area contributed by atoms with Crippen molar-refractivity contribution in [2.75, 3.05) is 0 Å². The van der Waals surface area contributed by atoms with Gasteiger partial charge in [-0.05, 0) is 0 Å². The van der Waals surface area contributed by atoms with Crippen molar-refractivity contribution in [1.82, 2.24) is 0 Å². The third-order valence-electron chi connectivity index (χ3n) is 3.55. The minimum Gasteiger partial charge on any atom is -0.341 e. The van der Waals surface area contributed by atoms with Crippen molar-refractivity contribution in [2.24, 2.45) is 0 Å². The zero-order valence-electron chi connectivity index (χ0n) is 15.5. The molecule has 0 aliphatic carbocycles. The molecule has 0 saturated heterocycles. The summed E-state index contributed by atoms with van der Waals surface area (Å²) in [6.45, 7) is 3.96. The molecule has 0 N–H and O–H groups in total. The van der Waals surface area contributed by atoms with Gasteiger partial charge < -0.3 is 6.92 Å². The maximum absolute atomic E-state index is 3.96. The quantitative estimate of drug-likeness (QED) is 0.204.